The van der Waals surface area contributed by atoms with Crippen molar-refractivity contribution in [3.63, 3.8) is 0 Å². The van der Waals surface area contributed by atoms with E-state index in [-0.39, 0.29) is 24.6 Å². The van der Waals surface area contributed by atoms with E-state index in [1.165, 1.54) is 65.2 Å². The second-order valence-electron chi connectivity index (χ2n) is 12.6. The molecule has 3 aromatic rings. The van der Waals surface area contributed by atoms with Gasteiger partial charge in [0, 0.05) is 24.8 Å². The molecule has 1 fully saturated rings. The molecule has 0 bridgehead atoms. The van der Waals surface area contributed by atoms with Gasteiger partial charge in [-0.1, -0.05) is 13.8 Å². The first-order chi connectivity index (χ1) is 25.3. The highest BCUT2D eigenvalue weighted by atomic mass is 32.2. The molecule has 1 aromatic carbocycles. The summed E-state index contributed by atoms with van der Waals surface area (Å²) in [6.45, 7) is 4.20. The van der Waals surface area contributed by atoms with Crippen molar-refractivity contribution >= 4 is 19.7 Å². The van der Waals surface area contributed by atoms with E-state index >= 15 is 8.42 Å². The minimum atomic E-state index is -4.90. The minimum Gasteiger partial charge on any atom is -0.493 e. The number of hydrogen-bond donors (Lipinski definition) is 3. The van der Waals surface area contributed by atoms with Crippen molar-refractivity contribution in [1.82, 2.24) is 19.9 Å². The first kappa shape index (κ1) is 40.4. The Labute approximate surface area is 309 Å². The zero-order chi connectivity index (χ0) is 38.4. The number of hydrogen-bond acceptors (Lipinski definition) is 14. The maximum absolute atomic E-state index is 15.2. The van der Waals surface area contributed by atoms with Crippen LogP contribution in [0.1, 0.15) is 63.9 Å². The second-order valence-corrected chi connectivity index (χ2v) is 16.6. The number of rotatable bonds is 19. The fourth-order valence-corrected chi connectivity index (χ4v) is 10.2. The number of aliphatic hydroxyl groups excluding tert-OH is 1. The lowest BCUT2D eigenvalue weighted by Gasteiger charge is -2.49. The molecule has 1 saturated heterocycles. The normalized spacial score (nSPS) is 22.2. The van der Waals surface area contributed by atoms with Crippen molar-refractivity contribution in [3.05, 3.63) is 70.9 Å². The number of nitrogens with one attached hydrogen (secondary N) is 2. The van der Waals surface area contributed by atoms with Crippen LogP contribution in [0.25, 0.3) is 0 Å². The van der Waals surface area contributed by atoms with Crippen LogP contribution in [0.2, 0.25) is 0 Å². The summed E-state index contributed by atoms with van der Waals surface area (Å²) in [7, 11) is -4.96. The third-order valence-corrected chi connectivity index (χ3v) is 12.8. The largest absolute Gasteiger partial charge is 0.493 e. The van der Waals surface area contributed by atoms with E-state index in [0.717, 1.165) is 0 Å². The number of H-pyrrole nitrogens is 2. The van der Waals surface area contributed by atoms with Crippen LogP contribution < -0.4 is 14.2 Å². The first-order valence-corrected chi connectivity index (χ1v) is 20.4. The van der Waals surface area contributed by atoms with Gasteiger partial charge in [-0.2, -0.15) is 0 Å². The Kier molecular flexibility index (Phi) is 12.7. The molecule has 1 aliphatic heterocycles. The third kappa shape index (κ3) is 7.76. The van der Waals surface area contributed by atoms with Gasteiger partial charge in [-0.3, -0.25) is 0 Å². The van der Waals surface area contributed by atoms with E-state index in [1.807, 2.05) is 0 Å². The maximum Gasteiger partial charge on any atom is 0.256 e. The van der Waals surface area contributed by atoms with Gasteiger partial charge in [0.1, 0.15) is 17.3 Å². The van der Waals surface area contributed by atoms with Gasteiger partial charge in [0.15, 0.2) is 21.3 Å². The molecule has 16 nitrogen and oxygen atoms in total. The molecule has 0 saturated carbocycles. The maximum atomic E-state index is 15.2. The SMILES string of the molecule is CCCOC1(OCCC)C(S(=O)(=O)CC(C)O)=CC([C@H]2CC[C@H](c3cc(OC)c(OC)c(OC)c3)O2)=CC1(OCc1ncc[nH]1)S(=O)(=O)c1ncc[nH]1. The minimum absolute atomic E-state index is 0.128. The van der Waals surface area contributed by atoms with Gasteiger partial charge < -0.3 is 48.2 Å². The van der Waals surface area contributed by atoms with Crippen molar-refractivity contribution in [2.45, 2.75) is 87.2 Å². The molecule has 0 radical (unpaired) electrons. The molecule has 3 N–H and O–H groups in total. The lowest BCUT2D eigenvalue weighted by Crippen LogP contribution is -2.66. The quantitative estimate of drug-likeness (QED) is 0.147. The Morgan fingerprint density at radius 2 is 1.53 bits per heavy atom. The van der Waals surface area contributed by atoms with E-state index in [1.54, 1.807) is 26.0 Å². The number of aliphatic hydroxyl groups is 1. The second kappa shape index (κ2) is 16.7. The monoisotopic (exact) mass is 780 g/mol. The summed E-state index contributed by atoms with van der Waals surface area (Å²) in [5.41, 5.74) is 0.870. The summed E-state index contributed by atoms with van der Waals surface area (Å²) in [6.07, 6.45) is 7.02. The third-order valence-electron chi connectivity index (χ3n) is 8.81. The van der Waals surface area contributed by atoms with Crippen LogP contribution in [0.3, 0.4) is 0 Å². The van der Waals surface area contributed by atoms with Gasteiger partial charge in [-0.05, 0) is 68.0 Å². The number of ether oxygens (including phenoxy) is 7. The summed E-state index contributed by atoms with van der Waals surface area (Å²) in [4.78, 5) is 10.6. The van der Waals surface area contributed by atoms with Crippen LogP contribution >= 0.6 is 0 Å². The average Bonchev–Trinajstić information content (AvgIpc) is 3.95. The summed E-state index contributed by atoms with van der Waals surface area (Å²) in [5.74, 6) is -1.92. The van der Waals surface area contributed by atoms with Gasteiger partial charge >= 0.3 is 0 Å². The standard InChI is InChI=1S/C35H48N4O12S2/c1-7-15-48-35(49-16-8-2)30(52(41,42)22-23(3)40)19-25(27-10-9-26(51-27)24-17-28(45-4)32(47-6)29(18-24)46-5)20-34(35,50-21-31-36-11-12-37-31)53(43,44)33-38-13-14-39-33/h11-14,17-20,23,26-27,40H,7-10,15-16,21-22H2,1-6H3,(H,36,37)(H,38,39)/t23?,26-,27-,34?/m1/s1. The van der Waals surface area contributed by atoms with Crippen LogP contribution in [0.5, 0.6) is 17.2 Å². The highest BCUT2D eigenvalue weighted by molar-refractivity contribution is 7.95. The van der Waals surface area contributed by atoms with Gasteiger partial charge in [-0.25, -0.2) is 26.8 Å². The van der Waals surface area contributed by atoms with Crippen molar-refractivity contribution in [3.8, 4) is 17.2 Å². The molecule has 5 rings (SSSR count). The highest BCUT2D eigenvalue weighted by Gasteiger charge is 2.70. The molecule has 3 heterocycles. The van der Waals surface area contributed by atoms with Gasteiger partial charge in [0.05, 0.1) is 58.6 Å². The van der Waals surface area contributed by atoms with Crippen LogP contribution in [0.15, 0.2) is 64.7 Å². The first-order valence-electron chi connectivity index (χ1n) is 17.3. The summed E-state index contributed by atoms with van der Waals surface area (Å²) >= 11 is 0. The fourth-order valence-electron chi connectivity index (χ4n) is 6.52. The van der Waals surface area contributed by atoms with E-state index < -0.39 is 71.1 Å². The van der Waals surface area contributed by atoms with Gasteiger partial charge in [0.2, 0.25) is 10.9 Å². The highest BCUT2D eigenvalue weighted by Crippen LogP contribution is 2.53. The van der Waals surface area contributed by atoms with E-state index in [9.17, 15) is 13.5 Å². The van der Waals surface area contributed by atoms with E-state index in [2.05, 4.69) is 19.9 Å². The zero-order valence-corrected chi connectivity index (χ0v) is 32.3. The predicted octanol–water partition coefficient (Wildman–Crippen LogP) is 3.93. The van der Waals surface area contributed by atoms with E-state index in [4.69, 9.17) is 33.2 Å². The van der Waals surface area contributed by atoms with Crippen LogP contribution in [-0.4, -0.2) is 105 Å². The molecule has 4 atom stereocenters. The van der Waals surface area contributed by atoms with Crippen molar-refractivity contribution < 1.29 is 55.1 Å². The molecular formula is C35H48N4O12S2. The molecule has 1 aliphatic carbocycles. The van der Waals surface area contributed by atoms with Crippen LogP contribution in [0, 0.1) is 0 Å². The number of aromatic nitrogens is 4. The molecule has 0 spiro atoms. The summed E-state index contributed by atoms with van der Waals surface area (Å²) in [5, 5.41) is 9.92. The average molecular weight is 781 g/mol. The molecule has 292 valence electrons. The Balaban J connectivity index is 1.77. The Morgan fingerprint density at radius 1 is 0.906 bits per heavy atom. The number of aromatic amines is 2. The number of imidazole rings is 2. The van der Waals surface area contributed by atoms with Crippen molar-refractivity contribution in [2.75, 3.05) is 40.3 Å². The number of methoxy groups -OCH3 is 3. The summed E-state index contributed by atoms with van der Waals surface area (Å²) in [6, 6.07) is 3.52. The van der Waals surface area contributed by atoms with Gasteiger partial charge in [0.25, 0.3) is 20.6 Å². The van der Waals surface area contributed by atoms with Crippen LogP contribution in [0.4, 0.5) is 0 Å². The van der Waals surface area contributed by atoms with Crippen molar-refractivity contribution in [1.29, 1.82) is 0 Å². The van der Waals surface area contributed by atoms with Crippen molar-refractivity contribution in [2.24, 2.45) is 0 Å². The number of benzene rings is 1. The van der Waals surface area contributed by atoms with Gasteiger partial charge in [-0.15, -0.1) is 0 Å². The topological polar surface area (TPSA) is 210 Å². The van der Waals surface area contributed by atoms with Crippen LogP contribution in [-0.2, 0) is 45.2 Å². The Morgan fingerprint density at radius 3 is 2.06 bits per heavy atom. The number of nitrogens with zero attached hydrogens (tertiary/aromatic N) is 2. The zero-order valence-electron chi connectivity index (χ0n) is 30.7. The Bertz CT molecular complexity index is 1930. The molecule has 0 amide bonds. The predicted molar refractivity (Wildman–Crippen MR) is 192 cm³/mol. The number of sulfone groups is 2. The summed E-state index contributed by atoms with van der Waals surface area (Å²) < 4.78 is 102. The Hall–Kier alpha value is -3.78. The smallest absolute Gasteiger partial charge is 0.256 e. The molecule has 53 heavy (non-hydrogen) atoms. The molecule has 2 unspecified atom stereocenters. The molecule has 2 aromatic heterocycles. The molecule has 2 aliphatic rings. The molecular weight excluding hydrogens is 733 g/mol. The lowest BCUT2D eigenvalue weighted by molar-refractivity contribution is -0.272. The fraction of sp³-hybridized carbons (Fsp3) is 0.543. The lowest BCUT2D eigenvalue weighted by atomic mass is 9.92. The molecule has 18 heteroatoms. The van der Waals surface area contributed by atoms with E-state index in [0.29, 0.717) is 48.5 Å².